The molecule has 0 saturated heterocycles. The smallest absolute Gasteiger partial charge is 0.251 e. The molecule has 1 aromatic rings. The molecule has 1 rings (SSSR count). The number of rotatable bonds is 7. The van der Waals surface area contributed by atoms with Crippen molar-refractivity contribution in [1.29, 1.82) is 0 Å². The number of carbonyl (C=O) groups is 1. The molecule has 0 bridgehead atoms. The summed E-state index contributed by atoms with van der Waals surface area (Å²) in [5.74, 6) is -0.939. The van der Waals surface area contributed by atoms with Gasteiger partial charge in [0, 0.05) is 12.1 Å². The van der Waals surface area contributed by atoms with Gasteiger partial charge in [-0.15, -0.1) is 6.58 Å². The van der Waals surface area contributed by atoms with Gasteiger partial charge < -0.3 is 15.8 Å². The van der Waals surface area contributed by atoms with E-state index in [0.29, 0.717) is 19.8 Å². The Morgan fingerprint density at radius 3 is 2.94 bits per heavy atom. The van der Waals surface area contributed by atoms with E-state index in [9.17, 15) is 9.18 Å². The first-order chi connectivity index (χ1) is 8.65. The number of nitrogens with two attached hydrogens (primary N) is 1. The number of amides is 1. The summed E-state index contributed by atoms with van der Waals surface area (Å²) in [5.41, 5.74) is 5.59. The third kappa shape index (κ3) is 4.55. The Morgan fingerprint density at radius 1 is 1.50 bits per heavy atom. The van der Waals surface area contributed by atoms with Crippen LogP contribution in [0.25, 0.3) is 0 Å². The Balaban J connectivity index is 2.32. The Kier molecular flexibility index (Phi) is 5.87. The van der Waals surface area contributed by atoms with Gasteiger partial charge in [0.05, 0.1) is 18.9 Å². The SMILES string of the molecule is C=CCCOCCNC(=O)c1ccc(N)c(F)c1. The maximum Gasteiger partial charge on any atom is 0.251 e. The van der Waals surface area contributed by atoms with E-state index in [1.807, 2.05) is 0 Å². The van der Waals surface area contributed by atoms with Crippen LogP contribution in [0.1, 0.15) is 16.8 Å². The zero-order chi connectivity index (χ0) is 13.4. The van der Waals surface area contributed by atoms with E-state index in [2.05, 4.69) is 11.9 Å². The van der Waals surface area contributed by atoms with Crippen molar-refractivity contribution in [1.82, 2.24) is 5.32 Å². The minimum atomic E-state index is -0.593. The molecule has 1 amide bonds. The minimum Gasteiger partial charge on any atom is -0.396 e. The van der Waals surface area contributed by atoms with Gasteiger partial charge in [0.2, 0.25) is 0 Å². The average molecular weight is 252 g/mol. The fourth-order valence-electron chi connectivity index (χ4n) is 1.28. The van der Waals surface area contributed by atoms with E-state index in [4.69, 9.17) is 10.5 Å². The molecule has 1 aromatic carbocycles. The number of hydrogen-bond donors (Lipinski definition) is 2. The van der Waals surface area contributed by atoms with Crippen LogP contribution in [0.3, 0.4) is 0 Å². The maximum absolute atomic E-state index is 13.1. The number of halogens is 1. The lowest BCUT2D eigenvalue weighted by molar-refractivity contribution is 0.0917. The van der Waals surface area contributed by atoms with Crippen LogP contribution in [0.15, 0.2) is 30.9 Å². The summed E-state index contributed by atoms with van der Waals surface area (Å²) < 4.78 is 18.4. The lowest BCUT2D eigenvalue weighted by atomic mass is 10.2. The highest BCUT2D eigenvalue weighted by atomic mass is 19.1. The van der Waals surface area contributed by atoms with Crippen molar-refractivity contribution < 1.29 is 13.9 Å². The Morgan fingerprint density at radius 2 is 2.28 bits per heavy atom. The number of hydrogen-bond acceptors (Lipinski definition) is 3. The second-order valence-corrected chi connectivity index (χ2v) is 3.68. The summed E-state index contributed by atoms with van der Waals surface area (Å²) in [4.78, 5) is 11.6. The first-order valence-corrected chi connectivity index (χ1v) is 5.67. The van der Waals surface area contributed by atoms with Gasteiger partial charge in [0.1, 0.15) is 5.82 Å². The molecule has 3 N–H and O–H groups in total. The number of nitrogens with one attached hydrogen (secondary N) is 1. The van der Waals surface area contributed by atoms with Gasteiger partial charge in [-0.05, 0) is 24.6 Å². The standard InChI is InChI=1S/C13H17FN2O2/c1-2-3-7-18-8-6-16-13(17)10-4-5-12(15)11(14)9-10/h2,4-5,9H,1,3,6-8,15H2,(H,16,17). The third-order valence-electron chi connectivity index (χ3n) is 2.26. The summed E-state index contributed by atoms with van der Waals surface area (Å²) in [7, 11) is 0. The van der Waals surface area contributed by atoms with Crippen LogP contribution in [-0.2, 0) is 4.74 Å². The zero-order valence-corrected chi connectivity index (χ0v) is 10.1. The molecule has 0 spiro atoms. The highest BCUT2D eigenvalue weighted by Gasteiger charge is 2.07. The van der Waals surface area contributed by atoms with E-state index in [1.54, 1.807) is 6.08 Å². The van der Waals surface area contributed by atoms with Gasteiger partial charge in [-0.1, -0.05) is 6.08 Å². The van der Waals surface area contributed by atoms with Crippen LogP contribution in [0, 0.1) is 5.82 Å². The fourth-order valence-corrected chi connectivity index (χ4v) is 1.28. The van der Waals surface area contributed by atoms with E-state index >= 15 is 0 Å². The van der Waals surface area contributed by atoms with Crippen LogP contribution in [0.5, 0.6) is 0 Å². The molecule has 0 aromatic heterocycles. The fraction of sp³-hybridized carbons (Fsp3) is 0.308. The van der Waals surface area contributed by atoms with Crippen molar-refractivity contribution >= 4 is 11.6 Å². The number of benzene rings is 1. The van der Waals surface area contributed by atoms with E-state index < -0.39 is 5.82 Å². The van der Waals surface area contributed by atoms with Crippen molar-refractivity contribution in [2.24, 2.45) is 0 Å². The van der Waals surface area contributed by atoms with Crippen LogP contribution in [0.4, 0.5) is 10.1 Å². The summed E-state index contributed by atoms with van der Waals surface area (Å²) in [6, 6.07) is 3.96. The van der Waals surface area contributed by atoms with Crippen LogP contribution in [-0.4, -0.2) is 25.7 Å². The molecule has 5 heteroatoms. The molecule has 18 heavy (non-hydrogen) atoms. The van der Waals surface area contributed by atoms with Gasteiger partial charge in [-0.25, -0.2) is 4.39 Å². The second-order valence-electron chi connectivity index (χ2n) is 3.68. The van der Waals surface area contributed by atoms with Gasteiger partial charge in [0.25, 0.3) is 5.91 Å². The summed E-state index contributed by atoms with van der Waals surface area (Å²) >= 11 is 0. The van der Waals surface area contributed by atoms with Gasteiger partial charge in [-0.3, -0.25) is 4.79 Å². The topological polar surface area (TPSA) is 64.3 Å². The van der Waals surface area contributed by atoms with Gasteiger partial charge in [-0.2, -0.15) is 0 Å². The molecular weight excluding hydrogens is 235 g/mol. The van der Waals surface area contributed by atoms with Crippen molar-refractivity contribution in [2.75, 3.05) is 25.5 Å². The summed E-state index contributed by atoms with van der Waals surface area (Å²) in [6.45, 7) is 4.94. The molecule has 0 heterocycles. The number of carbonyl (C=O) groups excluding carboxylic acids is 1. The van der Waals surface area contributed by atoms with Crippen molar-refractivity contribution in [3.05, 3.63) is 42.2 Å². The largest absolute Gasteiger partial charge is 0.396 e. The van der Waals surface area contributed by atoms with Gasteiger partial charge in [0.15, 0.2) is 0 Å². The zero-order valence-electron chi connectivity index (χ0n) is 10.1. The minimum absolute atomic E-state index is 0.0271. The van der Waals surface area contributed by atoms with Crippen LogP contribution in [0.2, 0.25) is 0 Å². The molecule has 0 radical (unpaired) electrons. The molecular formula is C13H17FN2O2. The van der Waals surface area contributed by atoms with Crippen LogP contribution < -0.4 is 11.1 Å². The van der Waals surface area contributed by atoms with Crippen molar-refractivity contribution in [3.63, 3.8) is 0 Å². The number of nitrogen functional groups attached to an aromatic ring is 1. The molecule has 0 aliphatic rings. The lowest BCUT2D eigenvalue weighted by Gasteiger charge is -2.06. The van der Waals surface area contributed by atoms with Crippen molar-refractivity contribution in [2.45, 2.75) is 6.42 Å². The van der Waals surface area contributed by atoms with Gasteiger partial charge >= 0.3 is 0 Å². The van der Waals surface area contributed by atoms with E-state index in [0.717, 1.165) is 12.5 Å². The predicted octanol–water partition coefficient (Wildman–Crippen LogP) is 1.73. The molecule has 0 aliphatic carbocycles. The summed E-state index contributed by atoms with van der Waals surface area (Å²) in [6.07, 6.45) is 2.53. The highest BCUT2D eigenvalue weighted by molar-refractivity contribution is 5.94. The van der Waals surface area contributed by atoms with E-state index in [1.165, 1.54) is 12.1 Å². The molecule has 4 nitrogen and oxygen atoms in total. The Hall–Kier alpha value is -1.88. The first-order valence-electron chi connectivity index (χ1n) is 5.67. The monoisotopic (exact) mass is 252 g/mol. The Bertz CT molecular complexity index is 421. The van der Waals surface area contributed by atoms with Crippen LogP contribution >= 0.6 is 0 Å². The maximum atomic E-state index is 13.1. The summed E-state index contributed by atoms with van der Waals surface area (Å²) in [5, 5.41) is 2.63. The molecule has 0 fully saturated rings. The lowest BCUT2D eigenvalue weighted by Crippen LogP contribution is -2.27. The molecule has 0 unspecified atom stereocenters. The normalized spacial score (nSPS) is 10.1. The van der Waals surface area contributed by atoms with Crippen molar-refractivity contribution in [3.8, 4) is 0 Å². The quantitative estimate of drug-likeness (QED) is 0.441. The third-order valence-corrected chi connectivity index (χ3v) is 2.26. The molecule has 0 atom stereocenters. The van der Waals surface area contributed by atoms with E-state index in [-0.39, 0.29) is 17.2 Å². The Labute approximate surface area is 106 Å². The number of ether oxygens (including phenoxy) is 1. The molecule has 0 saturated carbocycles. The highest BCUT2D eigenvalue weighted by Crippen LogP contribution is 2.11. The molecule has 98 valence electrons. The molecule has 0 aliphatic heterocycles. The average Bonchev–Trinajstić information content (AvgIpc) is 2.36. The second kappa shape index (κ2) is 7.45. The first kappa shape index (κ1) is 14.2. The predicted molar refractivity (Wildman–Crippen MR) is 68.8 cm³/mol. The number of anilines is 1.